The zero-order chi connectivity index (χ0) is 17.5. The molecule has 0 aromatic heterocycles. The maximum atomic E-state index is 12.3. The quantitative estimate of drug-likeness (QED) is 0.871. The Hall–Kier alpha value is -2.33. The number of hydrogen-bond donors (Lipinski definition) is 1. The minimum absolute atomic E-state index is 0.0229. The Bertz CT molecular complexity index is 686. The van der Waals surface area contributed by atoms with Crippen LogP contribution in [0.5, 0.6) is 0 Å². The van der Waals surface area contributed by atoms with Gasteiger partial charge in [-0.25, -0.2) is 0 Å². The van der Waals surface area contributed by atoms with E-state index in [0.717, 1.165) is 11.1 Å². The van der Waals surface area contributed by atoms with Gasteiger partial charge in [0.25, 0.3) is 0 Å². The number of halogens is 1. The molecule has 24 heavy (non-hydrogen) atoms. The molecule has 1 N–H and O–H groups in total. The van der Waals surface area contributed by atoms with Crippen molar-refractivity contribution in [2.75, 3.05) is 6.54 Å². The third-order valence-electron chi connectivity index (χ3n) is 3.74. The predicted molar refractivity (Wildman–Crippen MR) is 95.5 cm³/mol. The zero-order valence-corrected chi connectivity index (χ0v) is 14.6. The summed E-state index contributed by atoms with van der Waals surface area (Å²) >= 11 is 5.87. The largest absolute Gasteiger partial charge is 0.348 e. The first-order valence-electron chi connectivity index (χ1n) is 7.80. The molecule has 0 aliphatic carbocycles. The van der Waals surface area contributed by atoms with Gasteiger partial charge >= 0.3 is 0 Å². The van der Waals surface area contributed by atoms with E-state index >= 15 is 0 Å². The highest BCUT2D eigenvalue weighted by molar-refractivity contribution is 6.30. The van der Waals surface area contributed by atoms with E-state index in [1.54, 1.807) is 12.1 Å². The Balaban J connectivity index is 1.95. The van der Waals surface area contributed by atoms with Crippen LogP contribution in [0.1, 0.15) is 31.0 Å². The normalized spacial score (nSPS) is 11.6. The lowest BCUT2D eigenvalue weighted by Gasteiger charge is -2.22. The third kappa shape index (κ3) is 5.39. The number of carbonyl (C=O) groups is 2. The second kappa shape index (κ2) is 8.50. The molecule has 2 rings (SSSR count). The fraction of sp³-hybridized carbons (Fsp3) is 0.263. The van der Waals surface area contributed by atoms with Gasteiger partial charge in [-0.15, -0.1) is 0 Å². The second-order valence-electron chi connectivity index (χ2n) is 5.70. The Labute approximate surface area is 147 Å². The van der Waals surface area contributed by atoms with Gasteiger partial charge in [-0.05, 0) is 30.2 Å². The average Bonchev–Trinajstić information content (AvgIpc) is 2.56. The minimum atomic E-state index is -0.185. The summed E-state index contributed by atoms with van der Waals surface area (Å²) in [6.45, 7) is 3.78. The topological polar surface area (TPSA) is 49.4 Å². The Kier molecular flexibility index (Phi) is 6.38. The summed E-state index contributed by atoms with van der Waals surface area (Å²) in [4.78, 5) is 25.6. The van der Waals surface area contributed by atoms with E-state index in [1.807, 2.05) is 49.4 Å². The van der Waals surface area contributed by atoms with Gasteiger partial charge in [0, 0.05) is 18.5 Å². The van der Waals surface area contributed by atoms with E-state index in [0.29, 0.717) is 11.6 Å². The second-order valence-corrected chi connectivity index (χ2v) is 6.14. The van der Waals surface area contributed by atoms with Gasteiger partial charge in [-0.1, -0.05) is 54.1 Å². The average molecular weight is 345 g/mol. The van der Waals surface area contributed by atoms with E-state index in [4.69, 9.17) is 11.6 Å². The van der Waals surface area contributed by atoms with Crippen LogP contribution < -0.4 is 5.32 Å². The van der Waals surface area contributed by atoms with Crippen LogP contribution in [0, 0.1) is 0 Å². The molecule has 0 heterocycles. The first kappa shape index (κ1) is 18.0. The lowest BCUT2D eigenvalue weighted by atomic mass is 10.1. The maximum Gasteiger partial charge on any atom is 0.240 e. The van der Waals surface area contributed by atoms with E-state index in [-0.39, 0.29) is 24.4 Å². The molecular formula is C19H21ClN2O2. The fourth-order valence-corrected chi connectivity index (χ4v) is 2.50. The molecule has 0 radical (unpaired) electrons. The molecule has 1 atom stereocenters. The molecule has 0 fully saturated rings. The van der Waals surface area contributed by atoms with Gasteiger partial charge in [0.15, 0.2) is 0 Å². The first-order chi connectivity index (χ1) is 11.5. The Morgan fingerprint density at radius 1 is 1.08 bits per heavy atom. The highest BCUT2D eigenvalue weighted by atomic mass is 35.5. The van der Waals surface area contributed by atoms with E-state index in [1.165, 1.54) is 11.8 Å². The summed E-state index contributed by atoms with van der Waals surface area (Å²) < 4.78 is 0. The minimum Gasteiger partial charge on any atom is -0.348 e. The summed E-state index contributed by atoms with van der Waals surface area (Å²) in [6.07, 6.45) is 0. The van der Waals surface area contributed by atoms with Gasteiger partial charge in [-0.3, -0.25) is 9.59 Å². The van der Waals surface area contributed by atoms with Crippen molar-refractivity contribution in [1.29, 1.82) is 0 Å². The molecule has 0 aliphatic heterocycles. The van der Waals surface area contributed by atoms with Crippen molar-refractivity contribution in [3.63, 3.8) is 0 Å². The van der Waals surface area contributed by atoms with Gasteiger partial charge in [-0.2, -0.15) is 0 Å². The summed E-state index contributed by atoms with van der Waals surface area (Å²) in [7, 11) is 0. The van der Waals surface area contributed by atoms with Gasteiger partial charge < -0.3 is 10.2 Å². The van der Waals surface area contributed by atoms with Crippen LogP contribution in [0.2, 0.25) is 5.02 Å². The molecule has 2 aromatic carbocycles. The SMILES string of the molecule is CC(=O)N(CC(=O)NC(C)c1ccccc1)Cc1ccc(Cl)cc1. The molecular weight excluding hydrogens is 324 g/mol. The van der Waals surface area contributed by atoms with E-state index in [2.05, 4.69) is 5.32 Å². The van der Waals surface area contributed by atoms with Crippen LogP contribution >= 0.6 is 11.6 Å². The third-order valence-corrected chi connectivity index (χ3v) is 4.00. The summed E-state index contributed by atoms with van der Waals surface area (Å²) in [6, 6.07) is 16.8. The number of nitrogens with one attached hydrogen (secondary N) is 1. The predicted octanol–water partition coefficient (Wildman–Crippen LogP) is 3.57. The molecule has 2 amide bonds. The molecule has 1 unspecified atom stereocenters. The van der Waals surface area contributed by atoms with Crippen LogP contribution in [0.15, 0.2) is 54.6 Å². The standard InChI is InChI=1S/C19H21ClN2O2/c1-14(17-6-4-3-5-7-17)21-19(24)13-22(15(2)23)12-16-8-10-18(20)11-9-16/h3-11,14H,12-13H2,1-2H3,(H,21,24). The van der Waals surface area contributed by atoms with E-state index < -0.39 is 0 Å². The Morgan fingerprint density at radius 3 is 2.29 bits per heavy atom. The van der Waals surface area contributed by atoms with Crippen molar-refractivity contribution >= 4 is 23.4 Å². The number of nitrogens with zero attached hydrogens (tertiary/aromatic N) is 1. The maximum absolute atomic E-state index is 12.3. The smallest absolute Gasteiger partial charge is 0.240 e. The molecule has 0 saturated heterocycles. The highest BCUT2D eigenvalue weighted by Crippen LogP contribution is 2.13. The van der Waals surface area contributed by atoms with Crippen molar-refractivity contribution in [3.8, 4) is 0 Å². The number of rotatable bonds is 6. The molecule has 5 heteroatoms. The first-order valence-corrected chi connectivity index (χ1v) is 8.18. The van der Waals surface area contributed by atoms with Crippen molar-refractivity contribution in [2.45, 2.75) is 26.4 Å². The number of amides is 2. The van der Waals surface area contributed by atoms with Gasteiger partial charge in [0.05, 0.1) is 12.6 Å². The number of carbonyl (C=O) groups excluding carboxylic acids is 2. The van der Waals surface area contributed by atoms with Crippen molar-refractivity contribution in [2.24, 2.45) is 0 Å². The summed E-state index contributed by atoms with van der Waals surface area (Å²) in [5.74, 6) is -0.331. The summed E-state index contributed by atoms with van der Waals surface area (Å²) in [5, 5.41) is 3.56. The monoisotopic (exact) mass is 344 g/mol. The van der Waals surface area contributed by atoms with Crippen molar-refractivity contribution < 1.29 is 9.59 Å². The Morgan fingerprint density at radius 2 is 1.71 bits per heavy atom. The summed E-state index contributed by atoms with van der Waals surface area (Å²) in [5.41, 5.74) is 1.96. The molecule has 0 saturated carbocycles. The zero-order valence-electron chi connectivity index (χ0n) is 13.8. The molecule has 4 nitrogen and oxygen atoms in total. The van der Waals surface area contributed by atoms with Gasteiger partial charge in [0.1, 0.15) is 0 Å². The highest BCUT2D eigenvalue weighted by Gasteiger charge is 2.16. The molecule has 126 valence electrons. The fourth-order valence-electron chi connectivity index (χ4n) is 2.37. The van der Waals surface area contributed by atoms with Crippen LogP contribution in [-0.4, -0.2) is 23.3 Å². The number of hydrogen-bond acceptors (Lipinski definition) is 2. The van der Waals surface area contributed by atoms with E-state index in [9.17, 15) is 9.59 Å². The van der Waals surface area contributed by atoms with Crippen molar-refractivity contribution in [1.82, 2.24) is 10.2 Å². The molecule has 2 aromatic rings. The molecule has 0 bridgehead atoms. The van der Waals surface area contributed by atoms with Crippen LogP contribution in [0.3, 0.4) is 0 Å². The van der Waals surface area contributed by atoms with Gasteiger partial charge in [0.2, 0.25) is 11.8 Å². The molecule has 0 spiro atoms. The molecule has 0 aliphatic rings. The van der Waals surface area contributed by atoms with Crippen LogP contribution in [-0.2, 0) is 16.1 Å². The van der Waals surface area contributed by atoms with Crippen LogP contribution in [0.25, 0.3) is 0 Å². The van der Waals surface area contributed by atoms with Crippen molar-refractivity contribution in [3.05, 3.63) is 70.7 Å². The lowest BCUT2D eigenvalue weighted by molar-refractivity contribution is -0.135. The van der Waals surface area contributed by atoms with Crippen LogP contribution in [0.4, 0.5) is 0 Å². The lowest BCUT2D eigenvalue weighted by Crippen LogP contribution is -2.40. The number of benzene rings is 2.